The maximum absolute atomic E-state index is 4.82. The third-order valence-electron chi connectivity index (χ3n) is 5.30. The highest BCUT2D eigenvalue weighted by Gasteiger charge is 2.30. The van der Waals surface area contributed by atoms with Crippen LogP contribution < -0.4 is 5.32 Å². The van der Waals surface area contributed by atoms with Gasteiger partial charge in [0.1, 0.15) is 18.7 Å². The molecule has 1 aromatic carbocycles. The molecule has 2 heterocycles. The monoisotopic (exact) mass is 354 g/mol. The van der Waals surface area contributed by atoms with E-state index < -0.39 is 0 Å². The van der Waals surface area contributed by atoms with Gasteiger partial charge >= 0.3 is 0 Å². The van der Waals surface area contributed by atoms with E-state index in [-0.39, 0.29) is 0 Å². The van der Waals surface area contributed by atoms with Gasteiger partial charge in [-0.05, 0) is 30.7 Å². The van der Waals surface area contributed by atoms with E-state index in [9.17, 15) is 0 Å². The third kappa shape index (κ3) is 4.23. The predicted molar refractivity (Wildman–Crippen MR) is 105 cm³/mol. The van der Waals surface area contributed by atoms with Crippen LogP contribution in [0.3, 0.4) is 0 Å². The number of likely N-dealkylation sites (tertiary alicyclic amines) is 1. The fourth-order valence-corrected chi connectivity index (χ4v) is 3.81. The number of hydrogen-bond donors (Lipinski definition) is 1. The normalized spacial score (nSPS) is 21.0. The van der Waals surface area contributed by atoms with Crippen molar-refractivity contribution in [3.63, 3.8) is 0 Å². The molecule has 2 unspecified atom stereocenters. The van der Waals surface area contributed by atoms with Crippen LogP contribution in [-0.2, 0) is 13.6 Å². The minimum Gasteiger partial charge on any atom is -0.357 e. The number of nitrogens with zero attached hydrogens (tertiary/aromatic N) is 5. The molecule has 1 aliphatic rings. The van der Waals surface area contributed by atoms with Gasteiger partial charge in [0.25, 0.3) is 0 Å². The molecule has 0 radical (unpaired) electrons. The van der Waals surface area contributed by atoms with E-state index in [2.05, 4.69) is 64.5 Å². The summed E-state index contributed by atoms with van der Waals surface area (Å²) in [4.78, 5) is 11.5. The highest BCUT2D eigenvalue weighted by atomic mass is 15.3. The van der Waals surface area contributed by atoms with E-state index in [4.69, 9.17) is 4.99 Å². The third-order valence-corrected chi connectivity index (χ3v) is 5.30. The van der Waals surface area contributed by atoms with Crippen LogP contribution in [0.4, 0.5) is 0 Å². The molecule has 1 N–H and O–H groups in total. The fourth-order valence-electron chi connectivity index (χ4n) is 3.81. The standard InChI is InChI=1S/C20H30N6/c1-4-16-14-26(12-11-18(16)17-9-7-6-8-10-17)20(21-5-2)22-13-19-23-15-24-25(19)3/h6-10,15-16,18H,4-5,11-14H2,1-3H3,(H,21,22). The molecule has 1 saturated heterocycles. The minimum absolute atomic E-state index is 0.550. The van der Waals surface area contributed by atoms with Crippen LogP contribution in [0.5, 0.6) is 0 Å². The van der Waals surface area contributed by atoms with Crippen molar-refractivity contribution in [2.24, 2.45) is 18.0 Å². The molecule has 0 amide bonds. The van der Waals surface area contributed by atoms with Gasteiger partial charge in [-0.3, -0.25) is 4.68 Å². The first-order chi connectivity index (χ1) is 12.7. The van der Waals surface area contributed by atoms with Gasteiger partial charge < -0.3 is 10.2 Å². The van der Waals surface area contributed by atoms with Crippen molar-refractivity contribution in [1.29, 1.82) is 0 Å². The second-order valence-electron chi connectivity index (χ2n) is 6.89. The zero-order valence-corrected chi connectivity index (χ0v) is 16.1. The molecule has 1 aromatic heterocycles. The Balaban J connectivity index is 1.72. The van der Waals surface area contributed by atoms with Gasteiger partial charge in [0.05, 0.1) is 0 Å². The smallest absolute Gasteiger partial charge is 0.194 e. The number of benzene rings is 1. The molecule has 3 rings (SSSR count). The average Bonchev–Trinajstić information content (AvgIpc) is 3.10. The van der Waals surface area contributed by atoms with Crippen molar-refractivity contribution < 1.29 is 0 Å². The molecule has 6 nitrogen and oxygen atoms in total. The molecule has 2 atom stereocenters. The maximum atomic E-state index is 4.82. The Morgan fingerprint density at radius 1 is 1.27 bits per heavy atom. The molecule has 1 aliphatic heterocycles. The van der Waals surface area contributed by atoms with Gasteiger partial charge in [0.15, 0.2) is 5.96 Å². The molecule has 0 saturated carbocycles. The molecule has 2 aromatic rings. The second-order valence-corrected chi connectivity index (χ2v) is 6.89. The summed E-state index contributed by atoms with van der Waals surface area (Å²) in [5.74, 6) is 3.15. The summed E-state index contributed by atoms with van der Waals surface area (Å²) in [6.07, 6.45) is 3.92. The van der Waals surface area contributed by atoms with Gasteiger partial charge in [-0.15, -0.1) is 0 Å². The molecular formula is C20H30N6. The molecule has 26 heavy (non-hydrogen) atoms. The summed E-state index contributed by atoms with van der Waals surface area (Å²) in [7, 11) is 1.91. The summed E-state index contributed by atoms with van der Waals surface area (Å²) >= 11 is 0. The van der Waals surface area contributed by atoms with Crippen LogP contribution in [0, 0.1) is 5.92 Å². The second kappa shape index (κ2) is 8.83. The molecule has 1 fully saturated rings. The summed E-state index contributed by atoms with van der Waals surface area (Å²) in [6.45, 7) is 7.91. The zero-order valence-electron chi connectivity index (χ0n) is 16.1. The quantitative estimate of drug-likeness (QED) is 0.663. The molecular weight excluding hydrogens is 324 g/mol. The van der Waals surface area contributed by atoms with E-state index >= 15 is 0 Å². The number of aromatic nitrogens is 3. The van der Waals surface area contributed by atoms with Crippen molar-refractivity contribution in [2.75, 3.05) is 19.6 Å². The topological polar surface area (TPSA) is 58.3 Å². The first-order valence-electron chi connectivity index (χ1n) is 9.64. The molecule has 140 valence electrons. The number of nitrogens with one attached hydrogen (secondary N) is 1. The van der Waals surface area contributed by atoms with Gasteiger partial charge in [-0.1, -0.05) is 43.7 Å². The Morgan fingerprint density at radius 2 is 2.08 bits per heavy atom. The molecule has 0 aliphatic carbocycles. The SMILES string of the molecule is CCNC(=NCc1ncnn1C)N1CCC(c2ccccc2)C(CC)C1. The Hall–Kier alpha value is -2.37. The number of piperidine rings is 1. The van der Waals surface area contributed by atoms with Crippen molar-refractivity contribution in [1.82, 2.24) is 25.0 Å². The van der Waals surface area contributed by atoms with E-state index in [1.807, 2.05) is 7.05 Å². The van der Waals surface area contributed by atoms with Crippen molar-refractivity contribution >= 4 is 5.96 Å². The lowest BCUT2D eigenvalue weighted by atomic mass is 9.79. The van der Waals surface area contributed by atoms with Crippen LogP contribution in [0.2, 0.25) is 0 Å². The summed E-state index contributed by atoms with van der Waals surface area (Å²) in [5, 5.41) is 7.58. The number of hydrogen-bond acceptors (Lipinski definition) is 3. The Morgan fingerprint density at radius 3 is 2.73 bits per heavy atom. The van der Waals surface area contributed by atoms with Crippen LogP contribution in [0.15, 0.2) is 41.7 Å². The van der Waals surface area contributed by atoms with Crippen molar-refractivity contribution in [3.8, 4) is 0 Å². The van der Waals surface area contributed by atoms with E-state index in [1.165, 1.54) is 12.0 Å². The fraction of sp³-hybridized carbons (Fsp3) is 0.550. The Kier molecular flexibility index (Phi) is 6.26. The molecule has 6 heteroatoms. The lowest BCUT2D eigenvalue weighted by molar-refractivity contribution is 0.215. The van der Waals surface area contributed by atoms with Crippen LogP contribution in [-0.4, -0.2) is 45.3 Å². The lowest BCUT2D eigenvalue weighted by Crippen LogP contribution is -2.48. The number of aryl methyl sites for hydroxylation is 1. The van der Waals surface area contributed by atoms with Gasteiger partial charge in [0.2, 0.25) is 0 Å². The largest absolute Gasteiger partial charge is 0.357 e. The van der Waals surface area contributed by atoms with Gasteiger partial charge in [0, 0.05) is 26.7 Å². The summed E-state index contributed by atoms with van der Waals surface area (Å²) < 4.78 is 1.78. The number of guanidine groups is 1. The van der Waals surface area contributed by atoms with Gasteiger partial charge in [-0.25, -0.2) is 9.98 Å². The zero-order chi connectivity index (χ0) is 18.4. The average molecular weight is 355 g/mol. The van der Waals surface area contributed by atoms with Crippen LogP contribution in [0.25, 0.3) is 0 Å². The Bertz CT molecular complexity index is 708. The maximum Gasteiger partial charge on any atom is 0.194 e. The van der Waals surface area contributed by atoms with E-state index in [0.717, 1.165) is 37.8 Å². The first-order valence-corrected chi connectivity index (χ1v) is 9.64. The minimum atomic E-state index is 0.550. The predicted octanol–water partition coefficient (Wildman–Crippen LogP) is 2.80. The number of aliphatic imine (C=N–C) groups is 1. The van der Waals surface area contributed by atoms with E-state index in [1.54, 1.807) is 11.0 Å². The molecule has 0 bridgehead atoms. The highest BCUT2D eigenvalue weighted by Crippen LogP contribution is 2.34. The first kappa shape index (κ1) is 18.4. The van der Waals surface area contributed by atoms with E-state index in [0.29, 0.717) is 18.4 Å². The van der Waals surface area contributed by atoms with Crippen molar-refractivity contribution in [2.45, 2.75) is 39.2 Å². The Labute approximate surface area is 156 Å². The van der Waals surface area contributed by atoms with Crippen molar-refractivity contribution in [3.05, 3.63) is 48.0 Å². The highest BCUT2D eigenvalue weighted by molar-refractivity contribution is 5.80. The van der Waals surface area contributed by atoms with Crippen LogP contribution >= 0.6 is 0 Å². The summed E-state index contributed by atoms with van der Waals surface area (Å²) in [5.41, 5.74) is 1.47. The molecule has 0 spiro atoms. The van der Waals surface area contributed by atoms with Crippen LogP contribution in [0.1, 0.15) is 44.0 Å². The van der Waals surface area contributed by atoms with Gasteiger partial charge in [-0.2, -0.15) is 5.10 Å². The summed E-state index contributed by atoms with van der Waals surface area (Å²) in [6, 6.07) is 11.0. The number of rotatable bonds is 5. The lowest BCUT2D eigenvalue weighted by Gasteiger charge is -2.40.